The van der Waals surface area contributed by atoms with Gasteiger partial charge in [0.15, 0.2) is 0 Å². The van der Waals surface area contributed by atoms with Crippen molar-refractivity contribution in [2.24, 2.45) is 0 Å². The average Bonchev–Trinajstić information content (AvgIpc) is 2.95. The normalized spacial score (nSPS) is 10.8. The molecule has 0 atom stereocenters. The molecular weight excluding hydrogens is 397 g/mol. The maximum absolute atomic E-state index is 13.1. The van der Waals surface area contributed by atoms with E-state index in [0.717, 1.165) is 11.1 Å². The summed E-state index contributed by atoms with van der Waals surface area (Å²) in [6, 6.07) is 15.2. The number of halogens is 2. The van der Waals surface area contributed by atoms with E-state index in [9.17, 15) is 4.79 Å². The Morgan fingerprint density at radius 2 is 1.89 bits per heavy atom. The standard InChI is InChI=1S/C21H21Cl2N3O2/c1-14-19(20(23)26(24-14)12-15-7-5-4-6-8-15)21(27)25(2)13-16-11-17(22)9-10-18(16)28-3/h4-11H,12-13H2,1-3H3. The van der Waals surface area contributed by atoms with Crippen LogP contribution in [0.2, 0.25) is 10.2 Å². The van der Waals surface area contributed by atoms with E-state index in [1.165, 1.54) is 0 Å². The van der Waals surface area contributed by atoms with Gasteiger partial charge in [-0.25, -0.2) is 4.68 Å². The van der Waals surface area contributed by atoms with Crippen LogP contribution in [0.1, 0.15) is 27.2 Å². The quantitative estimate of drug-likeness (QED) is 0.576. The summed E-state index contributed by atoms with van der Waals surface area (Å²) in [6.07, 6.45) is 0. The van der Waals surface area contributed by atoms with Gasteiger partial charge in [-0.3, -0.25) is 4.79 Å². The molecule has 0 spiro atoms. The topological polar surface area (TPSA) is 47.4 Å². The van der Waals surface area contributed by atoms with Crippen molar-refractivity contribution in [1.29, 1.82) is 0 Å². The number of hydrogen-bond donors (Lipinski definition) is 0. The fourth-order valence-electron chi connectivity index (χ4n) is 3.05. The van der Waals surface area contributed by atoms with Crippen molar-refractivity contribution in [2.45, 2.75) is 20.0 Å². The summed E-state index contributed by atoms with van der Waals surface area (Å²) in [5, 5.41) is 5.37. The molecule has 1 heterocycles. The highest BCUT2D eigenvalue weighted by atomic mass is 35.5. The number of rotatable bonds is 6. The summed E-state index contributed by atoms with van der Waals surface area (Å²) in [5.74, 6) is 0.468. The first kappa shape index (κ1) is 20.2. The number of hydrogen-bond acceptors (Lipinski definition) is 3. The molecule has 0 aliphatic rings. The summed E-state index contributed by atoms with van der Waals surface area (Å²) in [7, 11) is 3.30. The van der Waals surface area contributed by atoms with E-state index in [2.05, 4.69) is 5.10 Å². The monoisotopic (exact) mass is 417 g/mol. The minimum Gasteiger partial charge on any atom is -0.496 e. The van der Waals surface area contributed by atoms with Crippen LogP contribution < -0.4 is 4.74 Å². The Morgan fingerprint density at radius 3 is 2.57 bits per heavy atom. The molecule has 1 aromatic heterocycles. The van der Waals surface area contributed by atoms with Gasteiger partial charge in [0.05, 0.1) is 24.9 Å². The zero-order valence-corrected chi connectivity index (χ0v) is 17.5. The lowest BCUT2D eigenvalue weighted by Crippen LogP contribution is -2.27. The number of aryl methyl sites for hydroxylation is 1. The molecule has 0 unspecified atom stereocenters. The fourth-order valence-corrected chi connectivity index (χ4v) is 3.56. The van der Waals surface area contributed by atoms with Crippen molar-refractivity contribution in [3.8, 4) is 5.75 Å². The molecule has 0 radical (unpaired) electrons. The Labute approximate surface area is 174 Å². The highest BCUT2D eigenvalue weighted by molar-refractivity contribution is 6.33. The van der Waals surface area contributed by atoms with Crippen LogP contribution in [-0.2, 0) is 13.1 Å². The van der Waals surface area contributed by atoms with Crippen LogP contribution in [0.25, 0.3) is 0 Å². The lowest BCUT2D eigenvalue weighted by Gasteiger charge is -2.19. The highest BCUT2D eigenvalue weighted by Crippen LogP contribution is 2.26. The molecular formula is C21H21Cl2N3O2. The number of carbonyl (C=O) groups excluding carboxylic acids is 1. The summed E-state index contributed by atoms with van der Waals surface area (Å²) in [5.41, 5.74) is 2.87. The van der Waals surface area contributed by atoms with Gasteiger partial charge in [-0.15, -0.1) is 0 Å². The Hall–Kier alpha value is -2.50. The molecule has 7 heteroatoms. The minimum absolute atomic E-state index is 0.205. The number of benzene rings is 2. The average molecular weight is 418 g/mol. The molecule has 1 amide bonds. The maximum atomic E-state index is 13.1. The van der Waals surface area contributed by atoms with Gasteiger partial charge in [-0.1, -0.05) is 53.5 Å². The van der Waals surface area contributed by atoms with Crippen LogP contribution in [-0.4, -0.2) is 34.7 Å². The van der Waals surface area contributed by atoms with Crippen LogP contribution in [0.4, 0.5) is 0 Å². The van der Waals surface area contributed by atoms with Crippen LogP contribution in [0.5, 0.6) is 5.75 Å². The van der Waals surface area contributed by atoms with Gasteiger partial charge in [-0.2, -0.15) is 5.10 Å². The second-order valence-corrected chi connectivity index (χ2v) is 7.31. The highest BCUT2D eigenvalue weighted by Gasteiger charge is 2.24. The van der Waals surface area contributed by atoms with Crippen LogP contribution in [0.3, 0.4) is 0 Å². The molecule has 5 nitrogen and oxygen atoms in total. The zero-order valence-electron chi connectivity index (χ0n) is 15.9. The molecule has 28 heavy (non-hydrogen) atoms. The summed E-state index contributed by atoms with van der Waals surface area (Å²) in [4.78, 5) is 14.6. The van der Waals surface area contributed by atoms with Crippen molar-refractivity contribution in [3.05, 3.63) is 81.1 Å². The number of aromatic nitrogens is 2. The second kappa shape index (κ2) is 8.67. The molecule has 146 valence electrons. The number of carbonyl (C=O) groups is 1. The molecule has 0 aliphatic heterocycles. The lowest BCUT2D eigenvalue weighted by atomic mass is 10.1. The van der Waals surface area contributed by atoms with E-state index >= 15 is 0 Å². The van der Waals surface area contributed by atoms with Crippen LogP contribution in [0.15, 0.2) is 48.5 Å². The van der Waals surface area contributed by atoms with Crippen molar-refractivity contribution in [2.75, 3.05) is 14.2 Å². The zero-order chi connectivity index (χ0) is 20.3. The van der Waals surface area contributed by atoms with Crippen molar-refractivity contribution in [3.63, 3.8) is 0 Å². The molecule has 0 bridgehead atoms. The third-order valence-corrected chi connectivity index (χ3v) is 5.07. The molecule has 3 rings (SSSR count). The van der Waals surface area contributed by atoms with E-state index in [0.29, 0.717) is 40.3 Å². The van der Waals surface area contributed by atoms with Crippen LogP contribution in [0, 0.1) is 6.92 Å². The minimum atomic E-state index is -0.205. The molecule has 0 fully saturated rings. The second-order valence-electron chi connectivity index (χ2n) is 6.51. The first-order chi connectivity index (χ1) is 13.4. The first-order valence-electron chi connectivity index (χ1n) is 8.75. The Morgan fingerprint density at radius 1 is 1.18 bits per heavy atom. The van der Waals surface area contributed by atoms with E-state index in [4.69, 9.17) is 27.9 Å². The van der Waals surface area contributed by atoms with Crippen molar-refractivity contribution >= 4 is 29.1 Å². The lowest BCUT2D eigenvalue weighted by molar-refractivity contribution is 0.0783. The maximum Gasteiger partial charge on any atom is 0.258 e. The van der Waals surface area contributed by atoms with Gasteiger partial charge < -0.3 is 9.64 Å². The van der Waals surface area contributed by atoms with E-state index in [1.54, 1.807) is 48.9 Å². The van der Waals surface area contributed by atoms with E-state index < -0.39 is 0 Å². The van der Waals surface area contributed by atoms with Gasteiger partial charge >= 0.3 is 0 Å². The Balaban J connectivity index is 1.83. The number of ether oxygens (including phenoxy) is 1. The SMILES string of the molecule is COc1ccc(Cl)cc1CN(C)C(=O)c1c(C)nn(Cc2ccccc2)c1Cl. The number of methoxy groups -OCH3 is 1. The van der Waals surface area contributed by atoms with E-state index in [1.807, 2.05) is 30.3 Å². The molecule has 3 aromatic rings. The third-order valence-electron chi connectivity index (χ3n) is 4.45. The van der Waals surface area contributed by atoms with Crippen molar-refractivity contribution in [1.82, 2.24) is 14.7 Å². The Bertz CT molecular complexity index is 987. The predicted octanol–water partition coefficient (Wildman–Crippen LogP) is 4.83. The van der Waals surface area contributed by atoms with E-state index in [-0.39, 0.29) is 5.91 Å². The molecule has 2 aromatic carbocycles. The van der Waals surface area contributed by atoms with Crippen LogP contribution >= 0.6 is 23.2 Å². The Kier molecular flexibility index (Phi) is 6.27. The summed E-state index contributed by atoms with van der Waals surface area (Å²) in [6.45, 7) is 2.62. The predicted molar refractivity (Wildman–Crippen MR) is 111 cm³/mol. The number of nitrogens with zero attached hydrogens (tertiary/aromatic N) is 3. The molecule has 0 saturated heterocycles. The van der Waals surface area contributed by atoms with Crippen molar-refractivity contribution < 1.29 is 9.53 Å². The summed E-state index contributed by atoms with van der Waals surface area (Å²) < 4.78 is 7.01. The molecule has 0 aliphatic carbocycles. The fraction of sp³-hybridized carbons (Fsp3) is 0.238. The molecule has 0 saturated carbocycles. The van der Waals surface area contributed by atoms with Gasteiger partial charge in [0, 0.05) is 24.2 Å². The number of amides is 1. The largest absolute Gasteiger partial charge is 0.496 e. The first-order valence-corrected chi connectivity index (χ1v) is 9.51. The molecule has 0 N–H and O–H groups in total. The summed E-state index contributed by atoms with van der Waals surface area (Å²) >= 11 is 12.6. The van der Waals surface area contributed by atoms with Gasteiger partial charge in [-0.05, 0) is 30.7 Å². The van der Waals surface area contributed by atoms with Gasteiger partial charge in [0.25, 0.3) is 5.91 Å². The third kappa shape index (κ3) is 4.32. The van der Waals surface area contributed by atoms with Gasteiger partial charge in [0.2, 0.25) is 0 Å². The van der Waals surface area contributed by atoms with Gasteiger partial charge in [0.1, 0.15) is 10.9 Å². The smallest absolute Gasteiger partial charge is 0.258 e.